The predicted octanol–water partition coefficient (Wildman–Crippen LogP) is 2.62. The molecular formula is C12H11NOTe. The van der Waals surface area contributed by atoms with Crippen LogP contribution in [0.25, 0.3) is 0 Å². The van der Waals surface area contributed by atoms with Crippen LogP contribution < -0.4 is 10.1 Å². The zero-order valence-corrected chi connectivity index (χ0v) is 10.9. The van der Waals surface area contributed by atoms with E-state index in [2.05, 4.69) is 5.32 Å². The van der Waals surface area contributed by atoms with Crippen molar-refractivity contribution in [2.75, 3.05) is 5.32 Å². The number of fused-ring (bicyclic) bond motifs is 2. The van der Waals surface area contributed by atoms with Gasteiger partial charge in [0.1, 0.15) is 0 Å². The van der Waals surface area contributed by atoms with Crippen molar-refractivity contribution in [1.29, 1.82) is 0 Å². The van der Waals surface area contributed by atoms with Gasteiger partial charge in [0.15, 0.2) is 11.5 Å². The predicted molar refractivity (Wildman–Crippen MR) is 64.8 cm³/mol. The van der Waals surface area contributed by atoms with Crippen molar-refractivity contribution in [1.82, 2.24) is 0 Å². The summed E-state index contributed by atoms with van der Waals surface area (Å²) >= 11 is 0. The zero-order chi connectivity index (χ0) is 9.38. The molecule has 0 aliphatic carbocycles. The molecule has 2 aromatic carbocycles. The monoisotopic (exact) mass is 315 g/mol. The largest absolute Gasteiger partial charge is 0.453 e. The second-order valence-corrected chi connectivity index (χ2v) is 3.22. The summed E-state index contributed by atoms with van der Waals surface area (Å²) < 4.78 is 5.71. The normalized spacial score (nSPS) is 11.2. The van der Waals surface area contributed by atoms with Gasteiger partial charge in [0.05, 0.1) is 11.4 Å². The van der Waals surface area contributed by atoms with Gasteiger partial charge < -0.3 is 10.1 Å². The second-order valence-electron chi connectivity index (χ2n) is 3.22. The van der Waals surface area contributed by atoms with Gasteiger partial charge >= 0.3 is 23.7 Å². The van der Waals surface area contributed by atoms with Gasteiger partial charge in [-0.3, -0.25) is 0 Å². The number of benzene rings is 2. The zero-order valence-electron chi connectivity index (χ0n) is 8.03. The molecule has 0 spiro atoms. The maximum Gasteiger partial charge on any atom is 0.150 e. The Kier molecular flexibility index (Phi) is 2.86. The first-order valence-corrected chi connectivity index (χ1v) is 4.56. The van der Waals surface area contributed by atoms with Crippen LogP contribution in [0.2, 0.25) is 0 Å². The van der Waals surface area contributed by atoms with Crippen LogP contribution in [0.15, 0.2) is 48.5 Å². The minimum Gasteiger partial charge on any atom is -0.453 e. The fourth-order valence-corrected chi connectivity index (χ4v) is 1.58. The third-order valence-corrected chi connectivity index (χ3v) is 2.26. The summed E-state index contributed by atoms with van der Waals surface area (Å²) in [7, 11) is 0. The van der Waals surface area contributed by atoms with Crippen molar-refractivity contribution in [2.24, 2.45) is 0 Å². The first-order chi connectivity index (χ1) is 6.93. The molecule has 0 atom stereocenters. The van der Waals surface area contributed by atoms with E-state index in [0.717, 1.165) is 22.9 Å². The molecule has 0 bridgehead atoms. The van der Waals surface area contributed by atoms with Crippen LogP contribution in [0.4, 0.5) is 11.4 Å². The number of para-hydroxylation sites is 4. The Morgan fingerprint density at radius 1 is 0.733 bits per heavy atom. The molecule has 1 aliphatic rings. The Hall–Kier alpha value is -1.17. The molecule has 0 saturated heterocycles. The molecule has 0 unspecified atom stereocenters. The van der Waals surface area contributed by atoms with E-state index in [1.54, 1.807) is 0 Å². The summed E-state index contributed by atoms with van der Waals surface area (Å²) in [5.74, 6) is 1.76. The van der Waals surface area contributed by atoms with Crippen molar-refractivity contribution < 1.29 is 4.74 Å². The Labute approximate surface area is 105 Å². The summed E-state index contributed by atoms with van der Waals surface area (Å²) in [5, 5.41) is 3.32. The van der Waals surface area contributed by atoms with Crippen molar-refractivity contribution in [3.05, 3.63) is 48.5 Å². The summed E-state index contributed by atoms with van der Waals surface area (Å²) in [6, 6.07) is 15.8. The molecule has 0 aromatic heterocycles. The molecule has 1 heterocycles. The number of hydrogen-bond acceptors (Lipinski definition) is 2. The van der Waals surface area contributed by atoms with Gasteiger partial charge in [-0.1, -0.05) is 24.3 Å². The molecule has 2 nitrogen and oxygen atoms in total. The summed E-state index contributed by atoms with van der Waals surface area (Å²) in [4.78, 5) is 0. The Morgan fingerprint density at radius 2 is 1.20 bits per heavy atom. The van der Waals surface area contributed by atoms with E-state index < -0.39 is 0 Å². The van der Waals surface area contributed by atoms with Crippen LogP contribution in [0.5, 0.6) is 11.5 Å². The maximum absolute atomic E-state index is 5.71. The first kappa shape index (κ1) is 10.4. The van der Waals surface area contributed by atoms with Crippen LogP contribution in [-0.2, 0) is 0 Å². The van der Waals surface area contributed by atoms with Gasteiger partial charge in [-0.15, -0.1) is 0 Å². The fraction of sp³-hybridized carbons (Fsp3) is 0. The van der Waals surface area contributed by atoms with Gasteiger partial charge in [0.2, 0.25) is 0 Å². The van der Waals surface area contributed by atoms with Crippen LogP contribution in [-0.4, -0.2) is 23.7 Å². The molecule has 3 heteroatoms. The molecule has 1 N–H and O–H groups in total. The molecule has 15 heavy (non-hydrogen) atoms. The smallest absolute Gasteiger partial charge is 0.150 e. The van der Waals surface area contributed by atoms with Crippen molar-refractivity contribution in [3.8, 4) is 11.5 Å². The molecule has 1 aliphatic heterocycles. The SMILES string of the molecule is [TeH2].c1ccc2c(c1)Nc1ccccc1O2. The van der Waals surface area contributed by atoms with Gasteiger partial charge in [0.25, 0.3) is 0 Å². The third kappa shape index (κ3) is 1.81. The summed E-state index contributed by atoms with van der Waals surface area (Å²) in [6.07, 6.45) is 0. The first-order valence-electron chi connectivity index (χ1n) is 4.56. The van der Waals surface area contributed by atoms with Crippen molar-refractivity contribution >= 4 is 35.0 Å². The average molecular weight is 313 g/mol. The Morgan fingerprint density at radius 3 is 1.73 bits per heavy atom. The number of anilines is 2. The summed E-state index contributed by atoms with van der Waals surface area (Å²) in [6.45, 7) is 0. The Balaban J connectivity index is 0.000000853. The number of nitrogens with one attached hydrogen (secondary N) is 1. The van der Waals surface area contributed by atoms with Crippen LogP contribution in [0, 0.1) is 0 Å². The molecule has 0 amide bonds. The quantitative estimate of drug-likeness (QED) is 0.644. The van der Waals surface area contributed by atoms with Gasteiger partial charge in [-0.05, 0) is 24.3 Å². The van der Waals surface area contributed by atoms with E-state index in [9.17, 15) is 0 Å². The number of hydrogen-bond donors (Lipinski definition) is 1. The second kappa shape index (κ2) is 4.14. The van der Waals surface area contributed by atoms with Gasteiger partial charge in [-0.2, -0.15) is 0 Å². The third-order valence-electron chi connectivity index (χ3n) is 2.26. The standard InChI is InChI=1S/C12H9NO.H2Te/c1-3-7-11-9(5-1)13-10-6-2-4-8-12(10)14-11;/h1-8,13H;1H2. The van der Waals surface area contributed by atoms with E-state index in [0.29, 0.717) is 0 Å². The van der Waals surface area contributed by atoms with E-state index in [1.807, 2.05) is 48.5 Å². The molecule has 76 valence electrons. The number of ether oxygens (including phenoxy) is 1. The Bertz CT molecular complexity index is 397. The van der Waals surface area contributed by atoms with Crippen molar-refractivity contribution in [3.63, 3.8) is 0 Å². The van der Waals surface area contributed by atoms with Crippen molar-refractivity contribution in [2.45, 2.75) is 0 Å². The molecule has 0 radical (unpaired) electrons. The molecule has 3 rings (SSSR count). The van der Waals surface area contributed by atoms with Gasteiger partial charge in [0, 0.05) is 0 Å². The molecule has 2 aromatic rings. The van der Waals surface area contributed by atoms with Crippen LogP contribution in [0.1, 0.15) is 0 Å². The topological polar surface area (TPSA) is 21.3 Å². The minimum atomic E-state index is 0. The van der Waals surface area contributed by atoms with E-state index in [4.69, 9.17) is 4.74 Å². The van der Waals surface area contributed by atoms with E-state index >= 15 is 0 Å². The number of rotatable bonds is 0. The van der Waals surface area contributed by atoms with Gasteiger partial charge in [-0.25, -0.2) is 0 Å². The van der Waals surface area contributed by atoms with Crippen LogP contribution in [0.3, 0.4) is 0 Å². The van der Waals surface area contributed by atoms with Crippen LogP contribution >= 0.6 is 0 Å². The van der Waals surface area contributed by atoms with E-state index in [-0.39, 0.29) is 23.7 Å². The average Bonchev–Trinajstić information content (AvgIpc) is 2.26. The molecule has 0 saturated carbocycles. The maximum atomic E-state index is 5.71. The summed E-state index contributed by atoms with van der Waals surface area (Å²) in [5.41, 5.74) is 2.04. The minimum absolute atomic E-state index is 0. The molecule has 0 fully saturated rings. The van der Waals surface area contributed by atoms with E-state index in [1.165, 1.54) is 0 Å². The fourth-order valence-electron chi connectivity index (χ4n) is 1.58. The molecular weight excluding hydrogens is 302 g/mol.